The van der Waals surface area contributed by atoms with Crippen molar-refractivity contribution in [3.8, 4) is 0 Å². The maximum atomic E-state index is 12.3. The van der Waals surface area contributed by atoms with Crippen LogP contribution in [-0.2, 0) is 16.1 Å². The Hall–Kier alpha value is -2.14. The molecular weight excluding hydrogens is 246 g/mol. The first kappa shape index (κ1) is 14.9. The highest BCUT2D eigenvalue weighted by Crippen LogP contribution is 2.13. The van der Waals surface area contributed by atoms with Gasteiger partial charge in [-0.3, -0.25) is 9.59 Å². The number of methoxy groups -OCH3 is 1. The Morgan fingerprint density at radius 3 is 2.68 bits per heavy atom. The molecule has 0 aliphatic carbocycles. The first-order valence-corrected chi connectivity index (χ1v) is 5.79. The van der Waals surface area contributed by atoms with Crippen LogP contribution >= 0.6 is 0 Å². The van der Waals surface area contributed by atoms with Crippen molar-refractivity contribution in [3.63, 3.8) is 0 Å². The average molecular weight is 263 g/mol. The van der Waals surface area contributed by atoms with Gasteiger partial charge >= 0.3 is 5.97 Å². The molecular formula is C14H17NO4. The summed E-state index contributed by atoms with van der Waals surface area (Å²) in [6.07, 6.45) is 1.50. The van der Waals surface area contributed by atoms with Crippen molar-refractivity contribution in [3.05, 3.63) is 48.0 Å². The number of hydrogen-bond donors (Lipinski definition) is 1. The highest BCUT2D eigenvalue weighted by atomic mass is 16.5. The number of nitrogens with zero attached hydrogens (tertiary/aromatic N) is 1. The summed E-state index contributed by atoms with van der Waals surface area (Å²) < 4.78 is 5.03. The van der Waals surface area contributed by atoms with E-state index in [0.29, 0.717) is 12.2 Å². The van der Waals surface area contributed by atoms with Gasteiger partial charge in [-0.2, -0.15) is 0 Å². The molecule has 5 heteroatoms. The molecule has 1 rings (SSSR count). The molecule has 0 aliphatic rings. The molecule has 102 valence electrons. The fraction of sp³-hybridized carbons (Fsp3) is 0.286. The smallest absolute Gasteiger partial charge is 0.323 e. The molecule has 0 fully saturated rings. The highest BCUT2D eigenvalue weighted by Gasteiger charge is 2.19. The number of carboxylic acids is 1. The number of carboxylic acid groups (broad SMARTS) is 1. The third-order valence-electron chi connectivity index (χ3n) is 2.51. The van der Waals surface area contributed by atoms with Crippen molar-refractivity contribution in [1.29, 1.82) is 0 Å². The van der Waals surface area contributed by atoms with E-state index in [1.165, 1.54) is 11.0 Å². The normalized spacial score (nSPS) is 9.95. The van der Waals surface area contributed by atoms with Crippen LogP contribution in [0.15, 0.2) is 36.9 Å². The van der Waals surface area contributed by atoms with Crippen LogP contribution in [0.1, 0.15) is 15.9 Å². The monoisotopic (exact) mass is 263 g/mol. The minimum Gasteiger partial charge on any atom is -0.480 e. The van der Waals surface area contributed by atoms with Gasteiger partial charge in [0.05, 0.1) is 6.61 Å². The number of hydrogen-bond acceptors (Lipinski definition) is 3. The van der Waals surface area contributed by atoms with E-state index < -0.39 is 5.97 Å². The Labute approximate surface area is 112 Å². The van der Waals surface area contributed by atoms with Crippen LogP contribution < -0.4 is 0 Å². The topological polar surface area (TPSA) is 66.8 Å². The third-order valence-corrected chi connectivity index (χ3v) is 2.51. The van der Waals surface area contributed by atoms with Crippen LogP contribution in [-0.4, -0.2) is 42.1 Å². The minimum atomic E-state index is -1.06. The molecule has 1 aromatic rings. The summed E-state index contributed by atoms with van der Waals surface area (Å²) in [5.74, 6) is -1.39. The lowest BCUT2D eigenvalue weighted by atomic mass is 10.1. The van der Waals surface area contributed by atoms with Gasteiger partial charge < -0.3 is 14.7 Å². The number of ether oxygens (including phenoxy) is 1. The zero-order chi connectivity index (χ0) is 14.3. The second kappa shape index (κ2) is 7.33. The van der Waals surface area contributed by atoms with E-state index in [9.17, 15) is 9.59 Å². The van der Waals surface area contributed by atoms with Gasteiger partial charge in [-0.1, -0.05) is 24.3 Å². The molecule has 0 bridgehead atoms. The quantitative estimate of drug-likeness (QED) is 0.758. The Kier molecular flexibility index (Phi) is 5.75. The number of rotatable bonds is 7. The average Bonchev–Trinajstić information content (AvgIpc) is 2.38. The summed E-state index contributed by atoms with van der Waals surface area (Å²) in [6.45, 7) is 3.67. The fourth-order valence-corrected chi connectivity index (χ4v) is 1.72. The number of carbonyl (C=O) groups is 2. The van der Waals surface area contributed by atoms with Crippen molar-refractivity contribution in [2.45, 2.75) is 6.61 Å². The zero-order valence-electron chi connectivity index (χ0n) is 10.8. The molecule has 0 aromatic heterocycles. The van der Waals surface area contributed by atoms with Crippen LogP contribution in [0, 0.1) is 0 Å². The molecule has 0 unspecified atom stereocenters. The Bertz CT molecular complexity index is 470. The number of benzene rings is 1. The molecule has 1 N–H and O–H groups in total. The van der Waals surface area contributed by atoms with Crippen LogP contribution in [0.25, 0.3) is 0 Å². The summed E-state index contributed by atoms with van der Waals surface area (Å²) in [6, 6.07) is 6.98. The molecule has 19 heavy (non-hydrogen) atoms. The van der Waals surface area contributed by atoms with Crippen molar-refractivity contribution in [2.24, 2.45) is 0 Å². The van der Waals surface area contributed by atoms with Crippen LogP contribution in [0.5, 0.6) is 0 Å². The molecule has 0 radical (unpaired) electrons. The molecule has 0 atom stereocenters. The summed E-state index contributed by atoms with van der Waals surface area (Å²) >= 11 is 0. The van der Waals surface area contributed by atoms with Crippen molar-refractivity contribution >= 4 is 11.9 Å². The minimum absolute atomic E-state index is 0.187. The molecule has 1 aromatic carbocycles. The molecule has 0 saturated heterocycles. The first-order chi connectivity index (χ1) is 9.10. The van der Waals surface area contributed by atoms with Crippen LogP contribution in [0.3, 0.4) is 0 Å². The van der Waals surface area contributed by atoms with Gasteiger partial charge in [-0.15, -0.1) is 6.58 Å². The predicted octanol–water partition coefficient (Wildman–Crippen LogP) is 1.55. The maximum absolute atomic E-state index is 12.3. The largest absolute Gasteiger partial charge is 0.480 e. The lowest BCUT2D eigenvalue weighted by molar-refractivity contribution is -0.137. The summed E-state index contributed by atoms with van der Waals surface area (Å²) in [4.78, 5) is 24.3. The van der Waals surface area contributed by atoms with E-state index in [0.717, 1.165) is 5.56 Å². The lowest BCUT2D eigenvalue weighted by Gasteiger charge is -2.20. The summed E-state index contributed by atoms with van der Waals surface area (Å²) in [5, 5.41) is 8.83. The van der Waals surface area contributed by atoms with Gasteiger partial charge in [-0.25, -0.2) is 0 Å². The second-order valence-corrected chi connectivity index (χ2v) is 3.96. The molecule has 0 spiro atoms. The van der Waals surface area contributed by atoms with Crippen LogP contribution in [0.2, 0.25) is 0 Å². The van der Waals surface area contributed by atoms with Gasteiger partial charge in [-0.05, 0) is 11.6 Å². The van der Waals surface area contributed by atoms with Crippen LogP contribution in [0.4, 0.5) is 0 Å². The summed E-state index contributed by atoms with van der Waals surface area (Å²) in [7, 11) is 1.54. The number of carbonyl (C=O) groups excluding carboxylic acids is 1. The van der Waals surface area contributed by atoms with Gasteiger partial charge in [0.15, 0.2) is 0 Å². The molecule has 1 amide bonds. The number of aliphatic carboxylic acids is 1. The molecule has 0 saturated carbocycles. The molecule has 0 heterocycles. The van der Waals surface area contributed by atoms with E-state index in [4.69, 9.17) is 9.84 Å². The molecule has 0 aliphatic heterocycles. The fourth-order valence-electron chi connectivity index (χ4n) is 1.72. The van der Waals surface area contributed by atoms with E-state index in [1.54, 1.807) is 31.4 Å². The zero-order valence-corrected chi connectivity index (χ0v) is 10.8. The Morgan fingerprint density at radius 1 is 1.42 bits per heavy atom. The van der Waals surface area contributed by atoms with Gasteiger partial charge in [0, 0.05) is 19.2 Å². The Morgan fingerprint density at radius 2 is 2.11 bits per heavy atom. The third kappa shape index (κ3) is 4.22. The standard InChI is InChI=1S/C14H17NO4/c1-3-8-15(9-13(16)17)14(18)12-7-5-4-6-11(12)10-19-2/h3-7H,1,8-10H2,2H3,(H,16,17). The van der Waals surface area contributed by atoms with Crippen molar-refractivity contribution in [1.82, 2.24) is 4.90 Å². The SMILES string of the molecule is C=CCN(CC(=O)O)C(=O)c1ccccc1COC. The predicted molar refractivity (Wildman–Crippen MR) is 70.9 cm³/mol. The lowest BCUT2D eigenvalue weighted by Crippen LogP contribution is -2.36. The Balaban J connectivity index is 3.01. The van der Waals surface area contributed by atoms with E-state index in [2.05, 4.69) is 6.58 Å². The first-order valence-electron chi connectivity index (χ1n) is 5.79. The second-order valence-electron chi connectivity index (χ2n) is 3.96. The van der Waals surface area contributed by atoms with Crippen molar-refractivity contribution < 1.29 is 19.4 Å². The molecule has 5 nitrogen and oxygen atoms in total. The van der Waals surface area contributed by atoms with E-state index in [1.807, 2.05) is 0 Å². The van der Waals surface area contributed by atoms with E-state index >= 15 is 0 Å². The van der Waals surface area contributed by atoms with Crippen molar-refractivity contribution in [2.75, 3.05) is 20.2 Å². The summed E-state index contributed by atoms with van der Waals surface area (Å²) in [5.41, 5.74) is 1.18. The van der Waals surface area contributed by atoms with Gasteiger partial charge in [0.25, 0.3) is 5.91 Å². The van der Waals surface area contributed by atoms with Gasteiger partial charge in [0.2, 0.25) is 0 Å². The highest BCUT2D eigenvalue weighted by molar-refractivity contribution is 5.97. The van der Waals surface area contributed by atoms with E-state index in [-0.39, 0.29) is 19.0 Å². The maximum Gasteiger partial charge on any atom is 0.323 e. The van der Waals surface area contributed by atoms with Gasteiger partial charge in [0.1, 0.15) is 6.54 Å². The number of amides is 1.